The highest BCUT2D eigenvalue weighted by Gasteiger charge is 2.30. The van der Waals surface area contributed by atoms with E-state index in [4.69, 9.17) is 5.26 Å². The Morgan fingerprint density at radius 1 is 1.23 bits per heavy atom. The Kier molecular flexibility index (Phi) is 7.59. The minimum atomic E-state index is -4.46. The number of benzene rings is 2. The number of halogens is 4. The van der Waals surface area contributed by atoms with Gasteiger partial charge in [0.25, 0.3) is 0 Å². The molecule has 2 rings (SSSR count). The van der Waals surface area contributed by atoms with E-state index in [1.54, 1.807) is 0 Å². The van der Waals surface area contributed by atoms with Crippen molar-refractivity contribution in [2.45, 2.75) is 33.0 Å². The van der Waals surface area contributed by atoms with Gasteiger partial charge in [-0.15, -0.1) is 0 Å². The lowest BCUT2D eigenvalue weighted by Crippen LogP contribution is -2.20. The molecule has 1 amide bonds. The summed E-state index contributed by atoms with van der Waals surface area (Å²) in [5.74, 6) is -1.04. The second-order valence-corrected chi connectivity index (χ2v) is 6.64. The summed E-state index contributed by atoms with van der Waals surface area (Å²) < 4.78 is 52.7. The Morgan fingerprint density at radius 2 is 1.97 bits per heavy atom. The number of nitrogens with zero attached hydrogens (tertiary/aromatic N) is 1. The van der Waals surface area contributed by atoms with E-state index < -0.39 is 23.5 Å². The summed E-state index contributed by atoms with van der Waals surface area (Å²) in [6.45, 7) is 3.86. The third-order valence-corrected chi connectivity index (χ3v) is 4.35. The highest BCUT2D eigenvalue weighted by molar-refractivity contribution is 5.92. The van der Waals surface area contributed by atoms with Gasteiger partial charge in [-0.1, -0.05) is 13.0 Å². The smallest absolute Gasteiger partial charge is 0.385 e. The van der Waals surface area contributed by atoms with E-state index in [0.717, 1.165) is 18.6 Å². The summed E-state index contributed by atoms with van der Waals surface area (Å²) in [5, 5.41) is 14.5. The van der Waals surface area contributed by atoms with Crippen molar-refractivity contribution in [1.82, 2.24) is 5.32 Å². The van der Waals surface area contributed by atoms with Crippen LogP contribution in [0.2, 0.25) is 0 Å². The van der Waals surface area contributed by atoms with Crippen LogP contribution >= 0.6 is 0 Å². The number of anilines is 1. The number of amides is 1. The number of nitrogens with one attached hydrogen (secondary N) is 2. The first kappa shape index (κ1) is 22.9. The maximum Gasteiger partial charge on any atom is 0.416 e. The first-order valence-electron chi connectivity index (χ1n) is 9.25. The SMILES string of the molecule is CCCNc1cc(C(F)(F)F)ccc1/C=C/C(=O)NCc1cc(F)c(C)c(C#N)c1. The Morgan fingerprint density at radius 3 is 2.60 bits per heavy atom. The molecule has 2 N–H and O–H groups in total. The topological polar surface area (TPSA) is 64.9 Å². The second kappa shape index (κ2) is 9.92. The summed E-state index contributed by atoms with van der Waals surface area (Å²) in [4.78, 5) is 12.1. The standard InChI is InChI=1S/C22H21F4N3O/c1-3-8-28-20-11-18(22(24,25)26)6-4-16(20)5-7-21(30)29-13-15-9-17(12-27)14(2)19(23)10-15/h4-7,9-11,28H,3,8,13H2,1-2H3,(H,29,30)/b7-5+. The van der Waals surface area contributed by atoms with E-state index in [1.165, 1.54) is 37.3 Å². The molecular formula is C22H21F4N3O. The van der Waals surface area contributed by atoms with Gasteiger partial charge in [-0.2, -0.15) is 18.4 Å². The molecule has 0 unspecified atom stereocenters. The van der Waals surface area contributed by atoms with Crippen molar-refractivity contribution in [3.05, 3.63) is 70.0 Å². The number of hydrogen-bond acceptors (Lipinski definition) is 3. The maximum absolute atomic E-state index is 13.8. The Labute approximate surface area is 172 Å². The molecule has 2 aromatic rings. The highest BCUT2D eigenvalue weighted by atomic mass is 19.4. The number of nitriles is 1. The van der Waals surface area contributed by atoms with Gasteiger partial charge in [-0.25, -0.2) is 4.39 Å². The van der Waals surface area contributed by atoms with Gasteiger partial charge in [-0.3, -0.25) is 4.79 Å². The lowest BCUT2D eigenvalue weighted by Gasteiger charge is -2.13. The van der Waals surface area contributed by atoms with E-state index >= 15 is 0 Å². The normalized spacial score (nSPS) is 11.4. The third kappa shape index (κ3) is 6.08. The summed E-state index contributed by atoms with van der Waals surface area (Å²) >= 11 is 0. The van der Waals surface area contributed by atoms with E-state index in [-0.39, 0.29) is 23.4 Å². The van der Waals surface area contributed by atoms with Crippen molar-refractivity contribution in [2.75, 3.05) is 11.9 Å². The van der Waals surface area contributed by atoms with Gasteiger partial charge in [0.2, 0.25) is 5.91 Å². The Bertz CT molecular complexity index is 991. The van der Waals surface area contributed by atoms with Gasteiger partial charge < -0.3 is 10.6 Å². The number of alkyl halides is 3. The van der Waals surface area contributed by atoms with Gasteiger partial charge in [-0.05, 0) is 54.8 Å². The van der Waals surface area contributed by atoms with Crippen LogP contribution in [0.25, 0.3) is 6.08 Å². The largest absolute Gasteiger partial charge is 0.416 e. The van der Waals surface area contributed by atoms with Crippen LogP contribution in [0.3, 0.4) is 0 Å². The van der Waals surface area contributed by atoms with Crippen LogP contribution in [-0.4, -0.2) is 12.5 Å². The summed E-state index contributed by atoms with van der Waals surface area (Å²) in [6.07, 6.45) is -1.15. The molecule has 0 aliphatic carbocycles. The molecular weight excluding hydrogens is 398 g/mol. The van der Waals surface area contributed by atoms with Crippen molar-refractivity contribution < 1.29 is 22.4 Å². The second-order valence-electron chi connectivity index (χ2n) is 6.64. The average molecular weight is 419 g/mol. The molecule has 158 valence electrons. The van der Waals surface area contributed by atoms with Crippen LogP contribution in [0.1, 0.15) is 41.2 Å². The zero-order valence-electron chi connectivity index (χ0n) is 16.5. The number of carbonyl (C=O) groups excluding carboxylic acids is 1. The predicted molar refractivity (Wildman–Crippen MR) is 107 cm³/mol. The van der Waals surface area contributed by atoms with Crippen molar-refractivity contribution in [1.29, 1.82) is 5.26 Å². The molecule has 0 saturated heterocycles. The fourth-order valence-electron chi connectivity index (χ4n) is 2.66. The maximum atomic E-state index is 13.8. The molecule has 0 radical (unpaired) electrons. The van der Waals surface area contributed by atoms with Crippen LogP contribution in [-0.2, 0) is 17.5 Å². The summed E-state index contributed by atoms with van der Waals surface area (Å²) in [7, 11) is 0. The van der Waals surface area contributed by atoms with E-state index in [1.807, 2.05) is 13.0 Å². The van der Waals surface area contributed by atoms with Crippen LogP contribution in [0.4, 0.5) is 23.2 Å². The lowest BCUT2D eigenvalue weighted by molar-refractivity contribution is -0.137. The molecule has 0 bridgehead atoms. The molecule has 0 saturated carbocycles. The van der Waals surface area contributed by atoms with Crippen molar-refractivity contribution >= 4 is 17.7 Å². The molecule has 8 heteroatoms. The highest BCUT2D eigenvalue weighted by Crippen LogP contribution is 2.32. The zero-order valence-corrected chi connectivity index (χ0v) is 16.5. The predicted octanol–water partition coefficient (Wildman–Crippen LogP) is 5.18. The molecule has 30 heavy (non-hydrogen) atoms. The summed E-state index contributed by atoms with van der Waals surface area (Å²) in [5.41, 5.74) is 0.774. The fourth-order valence-corrected chi connectivity index (χ4v) is 2.66. The first-order valence-corrected chi connectivity index (χ1v) is 9.25. The van der Waals surface area contributed by atoms with Crippen LogP contribution in [0, 0.1) is 24.1 Å². The van der Waals surface area contributed by atoms with E-state index in [0.29, 0.717) is 17.7 Å². The number of rotatable bonds is 7. The van der Waals surface area contributed by atoms with Gasteiger partial charge in [0.15, 0.2) is 0 Å². The summed E-state index contributed by atoms with van der Waals surface area (Å²) in [6, 6.07) is 7.87. The van der Waals surface area contributed by atoms with Crippen LogP contribution in [0.15, 0.2) is 36.4 Å². The van der Waals surface area contributed by atoms with Crippen molar-refractivity contribution in [2.24, 2.45) is 0 Å². The monoisotopic (exact) mass is 419 g/mol. The molecule has 0 atom stereocenters. The molecule has 0 spiro atoms. The van der Waals surface area contributed by atoms with Gasteiger partial charge in [0.05, 0.1) is 17.2 Å². The van der Waals surface area contributed by atoms with Gasteiger partial charge in [0, 0.05) is 30.4 Å². The van der Waals surface area contributed by atoms with E-state index in [2.05, 4.69) is 10.6 Å². The molecule has 4 nitrogen and oxygen atoms in total. The number of hydrogen-bond donors (Lipinski definition) is 2. The molecule has 2 aromatic carbocycles. The molecule has 0 fully saturated rings. The minimum absolute atomic E-state index is 0.00298. The zero-order chi connectivity index (χ0) is 22.3. The van der Waals surface area contributed by atoms with Crippen molar-refractivity contribution in [3.63, 3.8) is 0 Å². The van der Waals surface area contributed by atoms with Gasteiger partial charge in [0.1, 0.15) is 5.82 Å². The fraction of sp³-hybridized carbons (Fsp3) is 0.273. The lowest BCUT2D eigenvalue weighted by atomic mass is 10.1. The Balaban J connectivity index is 2.12. The molecule has 0 heterocycles. The minimum Gasteiger partial charge on any atom is -0.385 e. The van der Waals surface area contributed by atoms with Gasteiger partial charge >= 0.3 is 6.18 Å². The molecule has 0 aromatic heterocycles. The van der Waals surface area contributed by atoms with Crippen LogP contribution < -0.4 is 10.6 Å². The third-order valence-electron chi connectivity index (χ3n) is 4.35. The first-order chi connectivity index (χ1) is 14.2. The Hall–Kier alpha value is -3.34. The van der Waals surface area contributed by atoms with Crippen molar-refractivity contribution in [3.8, 4) is 6.07 Å². The average Bonchev–Trinajstić information content (AvgIpc) is 2.70. The quantitative estimate of drug-likeness (QED) is 0.480. The molecule has 0 aliphatic rings. The molecule has 0 aliphatic heterocycles. The number of carbonyl (C=O) groups is 1. The van der Waals surface area contributed by atoms with E-state index in [9.17, 15) is 22.4 Å². The van der Waals surface area contributed by atoms with Crippen LogP contribution in [0.5, 0.6) is 0 Å².